The number of ether oxygens (including phenoxy) is 1. The zero-order valence-corrected chi connectivity index (χ0v) is 17.8. The quantitative estimate of drug-likeness (QED) is 0.669. The summed E-state index contributed by atoms with van der Waals surface area (Å²) in [5.74, 6) is -1.56. The Balaban J connectivity index is 1.60. The van der Waals surface area contributed by atoms with Crippen LogP contribution in [-0.2, 0) is 20.6 Å². The number of halogens is 4. The van der Waals surface area contributed by atoms with Crippen molar-refractivity contribution in [3.8, 4) is 5.75 Å². The van der Waals surface area contributed by atoms with E-state index in [0.29, 0.717) is 35.7 Å². The average Bonchev–Trinajstić information content (AvgIpc) is 2.70. The van der Waals surface area contributed by atoms with Gasteiger partial charge in [0.1, 0.15) is 5.75 Å². The van der Waals surface area contributed by atoms with Crippen molar-refractivity contribution < 1.29 is 31.1 Å². The number of rotatable bonds is 6. The maximum Gasteiger partial charge on any atom is 0.573 e. The van der Waals surface area contributed by atoms with Crippen molar-refractivity contribution in [2.75, 3.05) is 18.4 Å². The maximum atomic E-state index is 12.8. The summed E-state index contributed by atoms with van der Waals surface area (Å²) in [5, 5.41) is 3.13. The largest absolute Gasteiger partial charge is 0.573 e. The zero-order valence-electron chi connectivity index (χ0n) is 16.2. The lowest BCUT2D eigenvalue weighted by atomic mass is 9.99. The highest BCUT2D eigenvalue weighted by Gasteiger charge is 2.33. The molecule has 168 valence electrons. The number of benzene rings is 2. The second kappa shape index (κ2) is 9.46. The summed E-state index contributed by atoms with van der Waals surface area (Å²) in [6.45, 7) is 0.361. The van der Waals surface area contributed by atoms with E-state index in [0.717, 1.165) is 12.1 Å². The first kappa shape index (κ1) is 23.4. The lowest BCUT2D eigenvalue weighted by molar-refractivity contribution is -0.274. The number of amides is 1. The molecule has 3 rings (SSSR count). The van der Waals surface area contributed by atoms with Gasteiger partial charge in [-0.3, -0.25) is 4.79 Å². The third-order valence-electron chi connectivity index (χ3n) is 4.77. The van der Waals surface area contributed by atoms with Gasteiger partial charge in [0.2, 0.25) is 15.9 Å². The van der Waals surface area contributed by atoms with Crippen molar-refractivity contribution in [3.63, 3.8) is 0 Å². The lowest BCUT2D eigenvalue weighted by Gasteiger charge is -2.31. The van der Waals surface area contributed by atoms with Gasteiger partial charge in [0.25, 0.3) is 0 Å². The molecule has 0 saturated carbocycles. The number of anilines is 1. The van der Waals surface area contributed by atoms with E-state index >= 15 is 0 Å². The smallest absolute Gasteiger partial charge is 0.406 e. The highest BCUT2D eigenvalue weighted by molar-refractivity contribution is 7.88. The first-order valence-corrected chi connectivity index (χ1v) is 11.4. The molecule has 1 heterocycles. The predicted octanol–water partition coefficient (Wildman–Crippen LogP) is 4.42. The van der Waals surface area contributed by atoms with Crippen LogP contribution in [0.4, 0.5) is 18.9 Å². The third kappa shape index (κ3) is 6.84. The van der Waals surface area contributed by atoms with Crippen molar-refractivity contribution >= 4 is 33.2 Å². The van der Waals surface area contributed by atoms with Crippen molar-refractivity contribution in [1.29, 1.82) is 0 Å². The van der Waals surface area contributed by atoms with Crippen LogP contribution in [0.1, 0.15) is 18.4 Å². The van der Waals surface area contributed by atoms with Gasteiger partial charge in [-0.1, -0.05) is 23.7 Å². The molecule has 6 nitrogen and oxygen atoms in total. The summed E-state index contributed by atoms with van der Waals surface area (Å²) >= 11 is 5.83. The van der Waals surface area contributed by atoms with Crippen LogP contribution in [0.2, 0.25) is 5.02 Å². The van der Waals surface area contributed by atoms with Crippen molar-refractivity contribution in [3.05, 3.63) is 59.1 Å². The molecule has 1 amide bonds. The second-order valence-corrected chi connectivity index (χ2v) is 9.55. The molecule has 2 aromatic carbocycles. The summed E-state index contributed by atoms with van der Waals surface area (Å²) in [6, 6.07) is 11.3. The monoisotopic (exact) mass is 476 g/mol. The number of carbonyl (C=O) groups excluding carboxylic acids is 1. The number of nitrogens with zero attached hydrogens (tertiary/aromatic N) is 1. The molecule has 0 bridgehead atoms. The van der Waals surface area contributed by atoms with E-state index in [4.69, 9.17) is 11.6 Å². The molecule has 1 aliphatic rings. The number of alkyl halides is 3. The first-order valence-electron chi connectivity index (χ1n) is 9.41. The fourth-order valence-corrected chi connectivity index (χ4v) is 5.01. The minimum absolute atomic E-state index is 0.0387. The molecule has 2 aromatic rings. The minimum atomic E-state index is -4.80. The van der Waals surface area contributed by atoms with E-state index in [1.807, 2.05) is 0 Å². The number of hydrogen-bond acceptors (Lipinski definition) is 4. The third-order valence-corrected chi connectivity index (χ3v) is 6.83. The van der Waals surface area contributed by atoms with E-state index in [1.54, 1.807) is 24.3 Å². The SMILES string of the molecule is O=C(Nc1ccc(OC(F)(F)F)cc1)[C@H]1CCCN(S(=O)(=O)Cc2ccc(Cl)cc2)C1. The molecule has 1 fully saturated rings. The molecule has 1 saturated heterocycles. The fraction of sp³-hybridized carbons (Fsp3) is 0.350. The molecule has 1 aliphatic heterocycles. The molecule has 0 spiro atoms. The van der Waals surface area contributed by atoms with Gasteiger partial charge < -0.3 is 10.1 Å². The Hall–Kier alpha value is -2.30. The van der Waals surface area contributed by atoms with Gasteiger partial charge in [-0.15, -0.1) is 13.2 Å². The topological polar surface area (TPSA) is 75.7 Å². The van der Waals surface area contributed by atoms with Crippen LogP contribution in [0.5, 0.6) is 5.75 Å². The molecule has 0 aromatic heterocycles. The number of hydrogen-bond donors (Lipinski definition) is 1. The summed E-state index contributed by atoms with van der Waals surface area (Å²) in [4.78, 5) is 12.6. The van der Waals surface area contributed by atoms with Crippen LogP contribution in [-0.4, -0.2) is 38.1 Å². The Morgan fingerprint density at radius 3 is 2.39 bits per heavy atom. The molecule has 0 unspecified atom stereocenters. The molecule has 11 heteroatoms. The van der Waals surface area contributed by atoms with Gasteiger partial charge in [-0.05, 0) is 54.8 Å². The van der Waals surface area contributed by atoms with Crippen LogP contribution in [0.3, 0.4) is 0 Å². The minimum Gasteiger partial charge on any atom is -0.406 e. The highest BCUT2D eigenvalue weighted by atomic mass is 35.5. The Bertz CT molecular complexity index is 1010. The van der Waals surface area contributed by atoms with Crippen LogP contribution < -0.4 is 10.1 Å². The lowest BCUT2D eigenvalue weighted by Crippen LogP contribution is -2.44. The first-order chi connectivity index (χ1) is 14.5. The molecule has 0 aliphatic carbocycles. The van der Waals surface area contributed by atoms with Gasteiger partial charge in [0.05, 0.1) is 11.7 Å². The number of piperidine rings is 1. The number of carbonyl (C=O) groups is 1. The van der Waals surface area contributed by atoms with Gasteiger partial charge in [0, 0.05) is 23.8 Å². The number of nitrogens with one attached hydrogen (secondary N) is 1. The van der Waals surface area contributed by atoms with E-state index in [2.05, 4.69) is 10.1 Å². The molecule has 31 heavy (non-hydrogen) atoms. The molecule has 0 radical (unpaired) electrons. The normalized spacial score (nSPS) is 17.9. The van der Waals surface area contributed by atoms with Crippen LogP contribution in [0.25, 0.3) is 0 Å². The van der Waals surface area contributed by atoms with E-state index in [-0.39, 0.29) is 12.3 Å². The molecule has 1 N–H and O–H groups in total. The van der Waals surface area contributed by atoms with Crippen LogP contribution >= 0.6 is 11.6 Å². The van der Waals surface area contributed by atoms with E-state index in [9.17, 15) is 26.4 Å². The summed E-state index contributed by atoms with van der Waals surface area (Å²) in [6.07, 6.45) is -3.77. The van der Waals surface area contributed by atoms with Gasteiger partial charge in [0.15, 0.2) is 0 Å². The van der Waals surface area contributed by atoms with Gasteiger partial charge >= 0.3 is 6.36 Å². The average molecular weight is 477 g/mol. The zero-order chi connectivity index (χ0) is 22.6. The fourth-order valence-electron chi connectivity index (χ4n) is 3.28. The number of sulfonamides is 1. The molecular formula is C20H20ClF3N2O4S. The van der Waals surface area contributed by atoms with Crippen LogP contribution in [0.15, 0.2) is 48.5 Å². The molecule has 1 atom stereocenters. The van der Waals surface area contributed by atoms with Crippen molar-refractivity contribution in [1.82, 2.24) is 4.31 Å². The summed E-state index contributed by atoms with van der Waals surface area (Å²) in [5.41, 5.74) is 0.887. The Morgan fingerprint density at radius 2 is 1.77 bits per heavy atom. The Morgan fingerprint density at radius 1 is 1.13 bits per heavy atom. The summed E-state index contributed by atoms with van der Waals surface area (Å²) < 4.78 is 67.3. The van der Waals surface area contributed by atoms with E-state index < -0.39 is 34.0 Å². The van der Waals surface area contributed by atoms with Crippen molar-refractivity contribution in [2.24, 2.45) is 5.92 Å². The van der Waals surface area contributed by atoms with Gasteiger partial charge in [-0.25, -0.2) is 12.7 Å². The predicted molar refractivity (Wildman–Crippen MR) is 110 cm³/mol. The Labute approximate surface area is 183 Å². The second-order valence-electron chi connectivity index (χ2n) is 7.14. The van der Waals surface area contributed by atoms with Gasteiger partial charge in [-0.2, -0.15) is 0 Å². The maximum absolute atomic E-state index is 12.8. The Kier molecular flexibility index (Phi) is 7.13. The van der Waals surface area contributed by atoms with Crippen LogP contribution in [0, 0.1) is 5.92 Å². The van der Waals surface area contributed by atoms with Crippen molar-refractivity contribution in [2.45, 2.75) is 25.0 Å². The van der Waals surface area contributed by atoms with E-state index in [1.165, 1.54) is 16.4 Å². The standard InChI is InChI=1S/C20H20ClF3N2O4S/c21-16-5-3-14(4-6-16)13-31(28,29)26-11-1-2-15(12-26)19(27)25-17-7-9-18(10-8-17)30-20(22,23)24/h3-10,15H,1-2,11-13H2,(H,25,27)/t15-/m0/s1. The molecular weight excluding hydrogens is 457 g/mol. The summed E-state index contributed by atoms with van der Waals surface area (Å²) in [7, 11) is -3.62. The highest BCUT2D eigenvalue weighted by Crippen LogP contribution is 2.26.